The van der Waals surface area contributed by atoms with Gasteiger partial charge in [0.2, 0.25) is 0 Å². The first kappa shape index (κ1) is 14.6. The van der Waals surface area contributed by atoms with E-state index in [1.807, 2.05) is 0 Å². The summed E-state index contributed by atoms with van der Waals surface area (Å²) in [6.07, 6.45) is 5.71. The maximum Gasteiger partial charge on any atom is 0.182 e. The number of hydrogen-bond acceptors (Lipinski definition) is 7. The summed E-state index contributed by atoms with van der Waals surface area (Å²) in [7, 11) is 0. The second-order valence-electron chi connectivity index (χ2n) is 6.77. The molecule has 8 nitrogen and oxygen atoms in total. The molecule has 128 valence electrons. The van der Waals surface area contributed by atoms with Crippen LogP contribution in [0.25, 0.3) is 11.2 Å². The van der Waals surface area contributed by atoms with Crippen molar-refractivity contribution in [1.29, 1.82) is 0 Å². The van der Waals surface area contributed by atoms with Crippen LogP contribution >= 0.6 is 0 Å². The van der Waals surface area contributed by atoms with Crippen molar-refractivity contribution in [3.05, 3.63) is 30.2 Å². The van der Waals surface area contributed by atoms with E-state index in [4.69, 9.17) is 4.98 Å². The standard InChI is InChI=1S/C17H20N8/c1-11-8-13(23-15(22-11)12-2-3-12)24-4-6-25(7-5-24)17-14-16(19-9-18-14)20-10-21-17/h8-10,12H,2-7H2,1H3,(H,18,19,20,21). The fourth-order valence-electron chi connectivity index (χ4n) is 3.40. The van der Waals surface area contributed by atoms with Crippen LogP contribution in [0.1, 0.15) is 30.3 Å². The summed E-state index contributed by atoms with van der Waals surface area (Å²) in [5.41, 5.74) is 2.68. The minimum absolute atomic E-state index is 0.578. The Balaban J connectivity index is 1.35. The van der Waals surface area contributed by atoms with Gasteiger partial charge in [-0.05, 0) is 19.8 Å². The van der Waals surface area contributed by atoms with Crippen LogP contribution in [-0.2, 0) is 0 Å². The Morgan fingerprint density at radius 1 is 1.00 bits per heavy atom. The van der Waals surface area contributed by atoms with E-state index in [1.54, 1.807) is 12.7 Å². The first-order valence-electron chi connectivity index (χ1n) is 8.77. The van der Waals surface area contributed by atoms with E-state index in [2.05, 4.69) is 47.7 Å². The summed E-state index contributed by atoms with van der Waals surface area (Å²) in [6, 6.07) is 2.10. The number of imidazole rings is 1. The Labute approximate surface area is 145 Å². The van der Waals surface area contributed by atoms with Crippen LogP contribution in [0.2, 0.25) is 0 Å². The molecule has 1 saturated carbocycles. The highest BCUT2D eigenvalue weighted by molar-refractivity contribution is 5.82. The van der Waals surface area contributed by atoms with Crippen LogP contribution in [-0.4, -0.2) is 56.1 Å². The van der Waals surface area contributed by atoms with Crippen molar-refractivity contribution in [2.75, 3.05) is 36.0 Å². The van der Waals surface area contributed by atoms with Crippen molar-refractivity contribution in [2.24, 2.45) is 0 Å². The first-order chi connectivity index (χ1) is 12.3. The highest BCUT2D eigenvalue weighted by Gasteiger charge is 2.28. The van der Waals surface area contributed by atoms with Gasteiger partial charge in [-0.3, -0.25) is 0 Å². The number of aromatic amines is 1. The summed E-state index contributed by atoms with van der Waals surface area (Å²) in [5.74, 6) is 3.59. The van der Waals surface area contributed by atoms with Gasteiger partial charge in [0, 0.05) is 43.9 Å². The van der Waals surface area contributed by atoms with Crippen LogP contribution in [0.15, 0.2) is 18.7 Å². The van der Waals surface area contributed by atoms with E-state index in [1.165, 1.54) is 12.8 Å². The Hall–Kier alpha value is -2.77. The van der Waals surface area contributed by atoms with E-state index in [0.717, 1.165) is 54.8 Å². The molecule has 1 N–H and O–H groups in total. The van der Waals surface area contributed by atoms with Gasteiger partial charge in [-0.25, -0.2) is 24.9 Å². The number of anilines is 2. The number of rotatable bonds is 3. The van der Waals surface area contributed by atoms with Gasteiger partial charge in [0.1, 0.15) is 23.5 Å². The molecule has 5 rings (SSSR count). The maximum atomic E-state index is 4.81. The van der Waals surface area contributed by atoms with E-state index in [-0.39, 0.29) is 0 Å². The van der Waals surface area contributed by atoms with E-state index in [0.29, 0.717) is 11.6 Å². The SMILES string of the molecule is Cc1cc(N2CCN(c3ncnc4nc[nH]c34)CC2)nc(C2CC2)n1. The quantitative estimate of drug-likeness (QED) is 0.778. The normalized spacial score (nSPS) is 18.1. The van der Waals surface area contributed by atoms with Crippen molar-refractivity contribution < 1.29 is 0 Å². The van der Waals surface area contributed by atoms with E-state index >= 15 is 0 Å². The molecular formula is C17H20N8. The van der Waals surface area contributed by atoms with E-state index in [9.17, 15) is 0 Å². The van der Waals surface area contributed by atoms with Crippen molar-refractivity contribution in [2.45, 2.75) is 25.7 Å². The molecule has 0 bridgehead atoms. The van der Waals surface area contributed by atoms with Crippen LogP contribution in [0.5, 0.6) is 0 Å². The van der Waals surface area contributed by atoms with Gasteiger partial charge in [-0.15, -0.1) is 0 Å². The van der Waals surface area contributed by atoms with Gasteiger partial charge in [-0.2, -0.15) is 0 Å². The Bertz CT molecular complexity index is 908. The fraction of sp³-hybridized carbons (Fsp3) is 0.471. The minimum Gasteiger partial charge on any atom is -0.353 e. The lowest BCUT2D eigenvalue weighted by molar-refractivity contribution is 0.639. The lowest BCUT2D eigenvalue weighted by Gasteiger charge is -2.36. The molecule has 4 heterocycles. The summed E-state index contributed by atoms with van der Waals surface area (Å²) in [5, 5.41) is 0. The maximum absolute atomic E-state index is 4.81. The van der Waals surface area contributed by atoms with Gasteiger partial charge in [-0.1, -0.05) is 0 Å². The second kappa shape index (κ2) is 5.65. The Kier molecular flexibility index (Phi) is 3.29. The van der Waals surface area contributed by atoms with Gasteiger partial charge in [0.25, 0.3) is 0 Å². The van der Waals surface area contributed by atoms with Crippen molar-refractivity contribution in [3.63, 3.8) is 0 Å². The first-order valence-corrected chi connectivity index (χ1v) is 8.77. The molecule has 1 aliphatic carbocycles. The molecule has 0 radical (unpaired) electrons. The molecule has 0 amide bonds. The minimum atomic E-state index is 0.578. The number of nitrogens with one attached hydrogen (secondary N) is 1. The van der Waals surface area contributed by atoms with Gasteiger partial charge in [0.05, 0.1) is 6.33 Å². The molecule has 3 aromatic rings. The van der Waals surface area contributed by atoms with Gasteiger partial charge < -0.3 is 14.8 Å². The molecule has 1 aliphatic heterocycles. The highest BCUT2D eigenvalue weighted by atomic mass is 15.3. The van der Waals surface area contributed by atoms with Crippen molar-refractivity contribution in [1.82, 2.24) is 29.9 Å². The lowest BCUT2D eigenvalue weighted by atomic mass is 10.2. The molecule has 2 aliphatic rings. The largest absolute Gasteiger partial charge is 0.353 e. The number of aryl methyl sites for hydroxylation is 1. The molecule has 0 aromatic carbocycles. The average molecular weight is 336 g/mol. The summed E-state index contributed by atoms with van der Waals surface area (Å²) in [4.78, 5) is 30.1. The third kappa shape index (κ3) is 2.67. The number of piperazine rings is 1. The molecule has 3 aromatic heterocycles. The molecule has 0 atom stereocenters. The number of hydrogen-bond donors (Lipinski definition) is 1. The summed E-state index contributed by atoms with van der Waals surface area (Å²) >= 11 is 0. The Morgan fingerprint density at radius 2 is 1.80 bits per heavy atom. The molecule has 8 heteroatoms. The van der Waals surface area contributed by atoms with Crippen molar-refractivity contribution >= 4 is 22.8 Å². The monoisotopic (exact) mass is 336 g/mol. The van der Waals surface area contributed by atoms with Gasteiger partial charge in [0.15, 0.2) is 11.5 Å². The van der Waals surface area contributed by atoms with Gasteiger partial charge >= 0.3 is 0 Å². The third-order valence-electron chi connectivity index (χ3n) is 4.91. The average Bonchev–Trinajstić information content (AvgIpc) is 3.38. The molecule has 25 heavy (non-hydrogen) atoms. The van der Waals surface area contributed by atoms with Crippen LogP contribution in [0, 0.1) is 6.92 Å². The number of aromatic nitrogens is 6. The molecule has 2 fully saturated rings. The van der Waals surface area contributed by atoms with Crippen LogP contribution in [0.3, 0.4) is 0 Å². The zero-order valence-electron chi connectivity index (χ0n) is 14.2. The van der Waals surface area contributed by atoms with Crippen LogP contribution in [0.4, 0.5) is 11.6 Å². The zero-order chi connectivity index (χ0) is 16.8. The van der Waals surface area contributed by atoms with Crippen molar-refractivity contribution in [3.8, 4) is 0 Å². The predicted octanol–water partition coefficient (Wildman–Crippen LogP) is 1.66. The fourth-order valence-corrected chi connectivity index (χ4v) is 3.40. The lowest BCUT2D eigenvalue weighted by Crippen LogP contribution is -2.47. The number of H-pyrrole nitrogens is 1. The topological polar surface area (TPSA) is 86.7 Å². The summed E-state index contributed by atoms with van der Waals surface area (Å²) in [6.45, 7) is 5.68. The molecule has 1 saturated heterocycles. The third-order valence-corrected chi connectivity index (χ3v) is 4.91. The molecule has 0 unspecified atom stereocenters. The second-order valence-corrected chi connectivity index (χ2v) is 6.77. The molecule has 0 spiro atoms. The molecular weight excluding hydrogens is 316 g/mol. The highest BCUT2D eigenvalue weighted by Crippen LogP contribution is 2.38. The van der Waals surface area contributed by atoms with E-state index < -0.39 is 0 Å². The smallest absolute Gasteiger partial charge is 0.182 e. The zero-order valence-corrected chi connectivity index (χ0v) is 14.2. The Morgan fingerprint density at radius 3 is 2.60 bits per heavy atom. The summed E-state index contributed by atoms with van der Waals surface area (Å²) < 4.78 is 0. The van der Waals surface area contributed by atoms with Crippen LogP contribution < -0.4 is 9.80 Å². The number of nitrogens with zero attached hydrogens (tertiary/aromatic N) is 7. The number of fused-ring (bicyclic) bond motifs is 1. The predicted molar refractivity (Wildman–Crippen MR) is 94.9 cm³/mol.